The summed E-state index contributed by atoms with van der Waals surface area (Å²) in [4.78, 5) is 23.9. The Kier molecular flexibility index (Phi) is 5.87. The lowest BCUT2D eigenvalue weighted by Gasteiger charge is -2.22. The van der Waals surface area contributed by atoms with Crippen molar-refractivity contribution in [1.29, 1.82) is 0 Å². The molecule has 118 valence electrons. The molecular formula is C12H18N2O5S2. The lowest BCUT2D eigenvalue weighted by molar-refractivity contribution is -0.142. The van der Waals surface area contributed by atoms with Gasteiger partial charge in [-0.25, -0.2) is 8.42 Å². The predicted octanol–water partition coefficient (Wildman–Crippen LogP) is 0.548. The highest BCUT2D eigenvalue weighted by Crippen LogP contribution is 2.19. The van der Waals surface area contributed by atoms with Crippen LogP contribution in [0.1, 0.15) is 6.92 Å². The summed E-state index contributed by atoms with van der Waals surface area (Å²) in [5.74, 6) is -2.17. The van der Waals surface area contributed by atoms with Gasteiger partial charge in [-0.3, -0.25) is 9.59 Å². The molecular weight excluding hydrogens is 316 g/mol. The molecule has 1 N–H and O–H groups in total. The molecule has 21 heavy (non-hydrogen) atoms. The lowest BCUT2D eigenvalue weighted by atomic mass is 10.2. The van der Waals surface area contributed by atoms with E-state index in [9.17, 15) is 18.0 Å². The van der Waals surface area contributed by atoms with Crippen molar-refractivity contribution in [3.63, 3.8) is 0 Å². The van der Waals surface area contributed by atoms with Crippen LogP contribution < -0.4 is 0 Å². The normalized spacial score (nSPS) is 13.1. The van der Waals surface area contributed by atoms with Gasteiger partial charge in [0.2, 0.25) is 5.91 Å². The van der Waals surface area contributed by atoms with E-state index in [2.05, 4.69) is 0 Å². The summed E-state index contributed by atoms with van der Waals surface area (Å²) in [5.41, 5.74) is 0. The molecule has 0 fully saturated rings. The van der Waals surface area contributed by atoms with Gasteiger partial charge in [0, 0.05) is 20.6 Å². The number of hydrogen-bond donors (Lipinski definition) is 1. The van der Waals surface area contributed by atoms with Gasteiger partial charge in [0.05, 0.1) is 12.5 Å². The Morgan fingerprint density at radius 2 is 2.00 bits per heavy atom. The number of carbonyl (C=O) groups excluding carboxylic acids is 1. The van der Waals surface area contributed by atoms with Gasteiger partial charge < -0.3 is 10.0 Å². The second-order valence-electron chi connectivity index (χ2n) is 4.71. The largest absolute Gasteiger partial charge is 0.481 e. The monoisotopic (exact) mass is 334 g/mol. The molecule has 7 nitrogen and oxygen atoms in total. The molecule has 9 heteroatoms. The lowest BCUT2D eigenvalue weighted by Crippen LogP contribution is -2.41. The number of nitrogens with zero attached hydrogens (tertiary/aromatic N) is 2. The number of carboxylic acids is 1. The van der Waals surface area contributed by atoms with E-state index >= 15 is 0 Å². The topological polar surface area (TPSA) is 95.0 Å². The van der Waals surface area contributed by atoms with Gasteiger partial charge in [0.25, 0.3) is 10.0 Å². The SMILES string of the molecule is CC(CN(C)C(=O)CN(C)S(=O)(=O)c1cccs1)C(=O)O. The molecule has 1 unspecified atom stereocenters. The van der Waals surface area contributed by atoms with Gasteiger partial charge in [-0.1, -0.05) is 13.0 Å². The van der Waals surface area contributed by atoms with Crippen LogP contribution >= 0.6 is 11.3 Å². The number of carboxylic acid groups (broad SMARTS) is 1. The van der Waals surface area contributed by atoms with Crippen LogP contribution in [0, 0.1) is 5.92 Å². The van der Waals surface area contributed by atoms with Crippen LogP contribution in [0.15, 0.2) is 21.7 Å². The highest BCUT2D eigenvalue weighted by atomic mass is 32.2. The molecule has 0 saturated carbocycles. The van der Waals surface area contributed by atoms with Crippen LogP contribution in [0.4, 0.5) is 0 Å². The number of hydrogen-bond acceptors (Lipinski definition) is 5. The Labute approximate surface area is 127 Å². The second-order valence-corrected chi connectivity index (χ2v) is 7.93. The quantitative estimate of drug-likeness (QED) is 0.785. The Bertz CT molecular complexity index is 597. The fourth-order valence-corrected chi connectivity index (χ4v) is 3.87. The summed E-state index contributed by atoms with van der Waals surface area (Å²) in [6, 6.07) is 3.09. The van der Waals surface area contributed by atoms with Crippen molar-refractivity contribution >= 4 is 33.2 Å². The smallest absolute Gasteiger partial charge is 0.308 e. The first-order chi connectivity index (χ1) is 9.66. The van der Waals surface area contributed by atoms with Crippen molar-refractivity contribution in [3.8, 4) is 0 Å². The van der Waals surface area contributed by atoms with Gasteiger partial charge in [0.15, 0.2) is 0 Å². The molecule has 0 spiro atoms. The van der Waals surface area contributed by atoms with Crippen LogP contribution in [0.25, 0.3) is 0 Å². The third kappa shape index (κ3) is 4.51. The first-order valence-electron chi connectivity index (χ1n) is 6.13. The van der Waals surface area contributed by atoms with E-state index in [-0.39, 0.29) is 17.3 Å². The number of carbonyl (C=O) groups is 2. The van der Waals surface area contributed by atoms with Gasteiger partial charge in [0.1, 0.15) is 4.21 Å². The van der Waals surface area contributed by atoms with Crippen molar-refractivity contribution < 1.29 is 23.1 Å². The highest BCUT2D eigenvalue weighted by Gasteiger charge is 2.26. The molecule has 1 atom stereocenters. The molecule has 0 radical (unpaired) electrons. The van der Waals surface area contributed by atoms with Crippen molar-refractivity contribution in [2.24, 2.45) is 5.92 Å². The van der Waals surface area contributed by atoms with E-state index in [1.54, 1.807) is 11.4 Å². The van der Waals surface area contributed by atoms with Gasteiger partial charge >= 0.3 is 5.97 Å². The van der Waals surface area contributed by atoms with Crippen LogP contribution in [0.5, 0.6) is 0 Å². The Balaban J connectivity index is 2.68. The molecule has 0 aliphatic heterocycles. The Hall–Kier alpha value is -1.45. The summed E-state index contributed by atoms with van der Waals surface area (Å²) in [5, 5.41) is 10.4. The van der Waals surface area contributed by atoms with Crippen LogP contribution in [-0.2, 0) is 19.6 Å². The van der Waals surface area contributed by atoms with Crippen molar-refractivity contribution in [1.82, 2.24) is 9.21 Å². The van der Waals surface area contributed by atoms with Gasteiger partial charge in [-0.05, 0) is 11.4 Å². The average Bonchev–Trinajstić information content (AvgIpc) is 2.92. The minimum atomic E-state index is -3.68. The van der Waals surface area contributed by atoms with Crippen molar-refractivity contribution in [3.05, 3.63) is 17.5 Å². The van der Waals surface area contributed by atoms with E-state index in [0.717, 1.165) is 15.6 Å². The van der Waals surface area contributed by atoms with E-state index < -0.39 is 27.8 Å². The zero-order valence-electron chi connectivity index (χ0n) is 12.0. The molecule has 1 amide bonds. The van der Waals surface area contributed by atoms with Gasteiger partial charge in [-0.2, -0.15) is 4.31 Å². The summed E-state index contributed by atoms with van der Waals surface area (Å²) < 4.78 is 25.4. The van der Waals surface area contributed by atoms with Gasteiger partial charge in [-0.15, -0.1) is 11.3 Å². The summed E-state index contributed by atoms with van der Waals surface area (Å²) in [6.45, 7) is 1.18. The minimum Gasteiger partial charge on any atom is -0.481 e. The number of thiophene rings is 1. The van der Waals surface area contributed by atoms with E-state index in [0.29, 0.717) is 0 Å². The third-order valence-corrected chi connectivity index (χ3v) is 6.09. The number of likely N-dealkylation sites (N-methyl/N-ethyl adjacent to an activating group) is 2. The molecule has 0 aliphatic rings. The molecule has 1 aromatic heterocycles. The van der Waals surface area contributed by atoms with Crippen molar-refractivity contribution in [2.45, 2.75) is 11.1 Å². The molecule has 1 rings (SSSR count). The number of rotatable bonds is 7. The van der Waals surface area contributed by atoms with Crippen LogP contribution in [0.3, 0.4) is 0 Å². The standard InChI is InChI=1S/C12H18N2O5S2/c1-9(12(16)17)7-13(2)10(15)8-14(3)21(18,19)11-5-4-6-20-11/h4-6,9H,7-8H2,1-3H3,(H,16,17). The van der Waals surface area contributed by atoms with Crippen LogP contribution in [0.2, 0.25) is 0 Å². The summed E-state index contributed by atoms with van der Waals surface area (Å²) >= 11 is 1.08. The van der Waals surface area contributed by atoms with Crippen LogP contribution in [-0.4, -0.2) is 61.8 Å². The summed E-state index contributed by atoms with van der Waals surface area (Å²) in [7, 11) is -0.908. The molecule has 0 bridgehead atoms. The highest BCUT2D eigenvalue weighted by molar-refractivity contribution is 7.91. The maximum atomic E-state index is 12.2. The zero-order valence-corrected chi connectivity index (χ0v) is 13.6. The molecule has 0 aliphatic carbocycles. The zero-order chi connectivity index (χ0) is 16.2. The number of amides is 1. The molecule has 0 aromatic carbocycles. The molecule has 0 saturated heterocycles. The van der Waals surface area contributed by atoms with E-state index in [4.69, 9.17) is 5.11 Å². The number of aliphatic carboxylic acids is 1. The first kappa shape index (κ1) is 17.6. The van der Waals surface area contributed by atoms with Crippen molar-refractivity contribution in [2.75, 3.05) is 27.2 Å². The number of sulfonamides is 1. The first-order valence-corrected chi connectivity index (χ1v) is 8.45. The predicted molar refractivity (Wildman–Crippen MR) is 78.6 cm³/mol. The fraction of sp³-hybridized carbons (Fsp3) is 0.500. The Morgan fingerprint density at radius 1 is 1.38 bits per heavy atom. The average molecular weight is 334 g/mol. The van der Waals surface area contributed by atoms with E-state index in [1.165, 1.54) is 32.0 Å². The summed E-state index contributed by atoms with van der Waals surface area (Å²) in [6.07, 6.45) is 0. The molecule has 1 aromatic rings. The molecule has 1 heterocycles. The maximum absolute atomic E-state index is 12.2. The Morgan fingerprint density at radius 3 is 2.48 bits per heavy atom. The van der Waals surface area contributed by atoms with E-state index in [1.807, 2.05) is 0 Å². The minimum absolute atomic E-state index is 0.0288. The fourth-order valence-electron chi connectivity index (χ4n) is 1.55. The second kappa shape index (κ2) is 7.01. The maximum Gasteiger partial charge on any atom is 0.308 e. The third-order valence-electron chi connectivity index (χ3n) is 2.91.